The molecule has 9 heavy (non-hydrogen) atoms. The fraction of sp³-hybridized carbons (Fsp3) is 0.714. The quantitative estimate of drug-likeness (QED) is 0.578. The van der Waals surface area contributed by atoms with Crippen molar-refractivity contribution in [2.75, 3.05) is 17.8 Å². The van der Waals surface area contributed by atoms with Crippen molar-refractivity contribution in [3.63, 3.8) is 0 Å². The highest BCUT2D eigenvalue weighted by Gasteiger charge is 2.06. The van der Waals surface area contributed by atoms with E-state index in [1.807, 2.05) is 11.8 Å². The molecule has 1 rings (SSSR count). The predicted octanol–water partition coefficient (Wildman–Crippen LogP) is 2.76. The number of allylic oxidation sites excluding steroid dienone is 1. The standard InChI is InChI=1S/C7H12S2/c1-6-3-4-9-5-7(6)8-2/h3-5H2,1-2H3. The molecule has 52 valence electrons. The molecular weight excluding hydrogens is 148 g/mol. The first-order valence-corrected chi connectivity index (χ1v) is 5.53. The van der Waals surface area contributed by atoms with E-state index < -0.39 is 0 Å². The van der Waals surface area contributed by atoms with Crippen molar-refractivity contribution in [2.24, 2.45) is 0 Å². The Morgan fingerprint density at radius 3 is 2.78 bits per heavy atom. The summed E-state index contributed by atoms with van der Waals surface area (Å²) < 4.78 is 0. The molecule has 0 aromatic heterocycles. The van der Waals surface area contributed by atoms with E-state index in [2.05, 4.69) is 24.9 Å². The highest BCUT2D eigenvalue weighted by atomic mass is 32.2. The summed E-state index contributed by atoms with van der Waals surface area (Å²) in [5.74, 6) is 2.59. The molecule has 0 saturated heterocycles. The zero-order chi connectivity index (χ0) is 6.69. The molecule has 0 spiro atoms. The summed E-state index contributed by atoms with van der Waals surface area (Å²) in [6.07, 6.45) is 3.48. The van der Waals surface area contributed by atoms with Crippen LogP contribution in [0.3, 0.4) is 0 Å². The van der Waals surface area contributed by atoms with Crippen molar-refractivity contribution in [1.29, 1.82) is 0 Å². The molecule has 0 bridgehead atoms. The molecule has 0 nitrogen and oxygen atoms in total. The van der Waals surface area contributed by atoms with Gasteiger partial charge in [0.1, 0.15) is 0 Å². The number of hydrogen-bond acceptors (Lipinski definition) is 2. The van der Waals surface area contributed by atoms with Crippen molar-refractivity contribution in [3.05, 3.63) is 10.5 Å². The Labute approximate surface area is 65.5 Å². The van der Waals surface area contributed by atoms with Gasteiger partial charge < -0.3 is 0 Å². The molecule has 1 aliphatic rings. The Morgan fingerprint density at radius 1 is 1.56 bits per heavy atom. The van der Waals surface area contributed by atoms with E-state index in [0.717, 1.165) is 0 Å². The molecule has 0 saturated carbocycles. The molecule has 2 heteroatoms. The van der Waals surface area contributed by atoms with Gasteiger partial charge in [0.15, 0.2) is 0 Å². The molecule has 0 atom stereocenters. The normalized spacial score (nSPS) is 20.7. The molecule has 0 aromatic carbocycles. The van der Waals surface area contributed by atoms with Crippen LogP contribution in [-0.4, -0.2) is 17.8 Å². The average molecular weight is 160 g/mol. The topological polar surface area (TPSA) is 0 Å². The van der Waals surface area contributed by atoms with Gasteiger partial charge in [-0.1, -0.05) is 5.57 Å². The minimum atomic E-state index is 1.26. The zero-order valence-electron chi connectivity index (χ0n) is 5.94. The van der Waals surface area contributed by atoms with Crippen molar-refractivity contribution in [1.82, 2.24) is 0 Å². The molecule has 0 aliphatic carbocycles. The van der Waals surface area contributed by atoms with E-state index in [1.165, 1.54) is 17.9 Å². The number of rotatable bonds is 1. The van der Waals surface area contributed by atoms with Crippen LogP contribution in [0.2, 0.25) is 0 Å². The molecule has 1 aliphatic heterocycles. The first kappa shape index (κ1) is 7.55. The Balaban J connectivity index is 2.59. The van der Waals surface area contributed by atoms with E-state index in [1.54, 1.807) is 10.5 Å². The minimum absolute atomic E-state index is 1.26. The van der Waals surface area contributed by atoms with Gasteiger partial charge in [-0.3, -0.25) is 0 Å². The SMILES string of the molecule is CSC1=C(C)CCSC1. The van der Waals surface area contributed by atoms with Crippen molar-refractivity contribution < 1.29 is 0 Å². The monoisotopic (exact) mass is 160 g/mol. The lowest BCUT2D eigenvalue weighted by Gasteiger charge is -2.14. The number of hydrogen-bond donors (Lipinski definition) is 0. The Kier molecular flexibility index (Phi) is 2.99. The summed E-state index contributed by atoms with van der Waals surface area (Å²) in [5, 5.41) is 0. The van der Waals surface area contributed by atoms with Gasteiger partial charge in [0.2, 0.25) is 0 Å². The molecule has 0 aromatic rings. The fourth-order valence-electron chi connectivity index (χ4n) is 0.886. The van der Waals surface area contributed by atoms with Crippen LogP contribution < -0.4 is 0 Å². The maximum absolute atomic E-state index is 2.26. The first-order valence-electron chi connectivity index (χ1n) is 3.15. The van der Waals surface area contributed by atoms with E-state index in [9.17, 15) is 0 Å². The van der Waals surface area contributed by atoms with Gasteiger partial charge in [0, 0.05) is 5.75 Å². The Morgan fingerprint density at radius 2 is 2.33 bits per heavy atom. The van der Waals surface area contributed by atoms with Gasteiger partial charge in [-0.25, -0.2) is 0 Å². The van der Waals surface area contributed by atoms with Crippen LogP contribution in [0, 0.1) is 0 Å². The maximum Gasteiger partial charge on any atom is 0.0244 e. The van der Waals surface area contributed by atoms with Crippen molar-refractivity contribution in [3.8, 4) is 0 Å². The molecule has 0 fully saturated rings. The summed E-state index contributed by atoms with van der Waals surface area (Å²) >= 11 is 3.97. The summed E-state index contributed by atoms with van der Waals surface area (Å²) in [5.41, 5.74) is 1.61. The van der Waals surface area contributed by atoms with E-state index in [0.29, 0.717) is 0 Å². The van der Waals surface area contributed by atoms with Crippen LogP contribution in [0.5, 0.6) is 0 Å². The third-order valence-corrected chi connectivity index (χ3v) is 3.73. The average Bonchev–Trinajstić information content (AvgIpc) is 1.89. The summed E-state index contributed by atoms with van der Waals surface area (Å²) in [4.78, 5) is 1.60. The molecule has 0 amide bonds. The zero-order valence-corrected chi connectivity index (χ0v) is 7.57. The molecule has 0 unspecified atom stereocenters. The second-order valence-electron chi connectivity index (χ2n) is 2.21. The third kappa shape index (κ3) is 1.94. The largest absolute Gasteiger partial charge is 0.156 e. The van der Waals surface area contributed by atoms with Crippen molar-refractivity contribution in [2.45, 2.75) is 13.3 Å². The second-order valence-corrected chi connectivity index (χ2v) is 4.22. The molecule has 0 radical (unpaired) electrons. The Hall–Kier alpha value is 0.440. The van der Waals surface area contributed by atoms with Crippen LogP contribution in [-0.2, 0) is 0 Å². The van der Waals surface area contributed by atoms with Crippen LogP contribution >= 0.6 is 23.5 Å². The van der Waals surface area contributed by atoms with Crippen LogP contribution in [0.25, 0.3) is 0 Å². The Bertz CT molecular complexity index is 127. The third-order valence-electron chi connectivity index (χ3n) is 1.58. The lowest BCUT2D eigenvalue weighted by Crippen LogP contribution is -1.97. The van der Waals surface area contributed by atoms with E-state index in [-0.39, 0.29) is 0 Å². The minimum Gasteiger partial charge on any atom is -0.156 e. The van der Waals surface area contributed by atoms with Crippen LogP contribution in [0.4, 0.5) is 0 Å². The van der Waals surface area contributed by atoms with Gasteiger partial charge in [-0.05, 0) is 30.3 Å². The first-order chi connectivity index (χ1) is 4.34. The predicted molar refractivity (Wildman–Crippen MR) is 48.2 cm³/mol. The maximum atomic E-state index is 2.26. The van der Waals surface area contributed by atoms with E-state index in [4.69, 9.17) is 0 Å². The highest BCUT2D eigenvalue weighted by molar-refractivity contribution is 8.05. The smallest absolute Gasteiger partial charge is 0.0244 e. The van der Waals surface area contributed by atoms with Crippen molar-refractivity contribution >= 4 is 23.5 Å². The van der Waals surface area contributed by atoms with Crippen LogP contribution in [0.15, 0.2) is 10.5 Å². The van der Waals surface area contributed by atoms with Gasteiger partial charge in [-0.15, -0.1) is 11.8 Å². The molecular formula is C7H12S2. The van der Waals surface area contributed by atoms with Gasteiger partial charge in [-0.2, -0.15) is 11.8 Å². The van der Waals surface area contributed by atoms with E-state index >= 15 is 0 Å². The lowest BCUT2D eigenvalue weighted by molar-refractivity contribution is 1.08. The summed E-state index contributed by atoms with van der Waals surface area (Å²) in [7, 11) is 0. The fourth-order valence-corrected chi connectivity index (χ4v) is 3.08. The summed E-state index contributed by atoms with van der Waals surface area (Å²) in [6, 6.07) is 0. The van der Waals surface area contributed by atoms with Crippen LogP contribution in [0.1, 0.15) is 13.3 Å². The second kappa shape index (κ2) is 3.57. The molecule has 1 heterocycles. The molecule has 0 N–H and O–H groups in total. The summed E-state index contributed by atoms with van der Waals surface area (Å²) in [6.45, 7) is 2.26. The number of thioether (sulfide) groups is 2. The highest BCUT2D eigenvalue weighted by Crippen LogP contribution is 2.29. The van der Waals surface area contributed by atoms with Gasteiger partial charge in [0.05, 0.1) is 0 Å². The van der Waals surface area contributed by atoms with Gasteiger partial charge in [0.25, 0.3) is 0 Å². The van der Waals surface area contributed by atoms with Gasteiger partial charge >= 0.3 is 0 Å². The lowest BCUT2D eigenvalue weighted by atomic mass is 10.2.